The minimum absolute atomic E-state index is 0.00344. The second kappa shape index (κ2) is 6.20. The third-order valence-corrected chi connectivity index (χ3v) is 5.56. The number of thiophene rings is 1. The molecule has 5 nitrogen and oxygen atoms in total. The van der Waals surface area contributed by atoms with Gasteiger partial charge in [-0.15, -0.1) is 11.3 Å². The molecule has 3 rings (SSSR count). The average Bonchev–Trinajstić information content (AvgIpc) is 2.78. The van der Waals surface area contributed by atoms with E-state index in [0.29, 0.717) is 18.0 Å². The summed E-state index contributed by atoms with van der Waals surface area (Å²) in [6.45, 7) is 3.43. The van der Waals surface area contributed by atoms with Crippen LogP contribution in [-0.4, -0.2) is 55.4 Å². The van der Waals surface area contributed by atoms with Crippen LogP contribution in [0, 0.1) is 6.92 Å². The van der Waals surface area contributed by atoms with Crippen molar-refractivity contribution in [3.63, 3.8) is 0 Å². The Morgan fingerprint density at radius 2 is 2.09 bits per heavy atom. The highest BCUT2D eigenvalue weighted by molar-refractivity contribution is 7.21. The third-order valence-electron chi connectivity index (χ3n) is 4.30. The number of methoxy groups -OCH3 is 1. The monoisotopic (exact) mass is 332 g/mol. The van der Waals surface area contributed by atoms with Crippen LogP contribution in [0.4, 0.5) is 0 Å². The molecule has 0 bridgehead atoms. The molecule has 1 fully saturated rings. The lowest BCUT2D eigenvalue weighted by atomic mass is 10.1. The van der Waals surface area contributed by atoms with Crippen LogP contribution in [0.3, 0.4) is 0 Å². The molecule has 2 aromatic rings. The van der Waals surface area contributed by atoms with E-state index >= 15 is 0 Å². The minimum atomic E-state index is -0.0497. The van der Waals surface area contributed by atoms with E-state index in [-0.39, 0.29) is 18.4 Å². The van der Waals surface area contributed by atoms with E-state index in [2.05, 4.69) is 0 Å². The van der Waals surface area contributed by atoms with Gasteiger partial charge < -0.3 is 14.5 Å². The molecule has 2 heterocycles. The molecule has 0 aliphatic carbocycles. The zero-order chi connectivity index (χ0) is 16.6. The molecule has 23 heavy (non-hydrogen) atoms. The highest BCUT2D eigenvalue weighted by atomic mass is 32.1. The van der Waals surface area contributed by atoms with Crippen molar-refractivity contribution in [2.45, 2.75) is 13.3 Å². The summed E-state index contributed by atoms with van der Waals surface area (Å²) in [7, 11) is 3.42. The number of amides is 2. The molecule has 0 atom stereocenters. The number of ether oxygens (including phenoxy) is 1. The molecule has 6 heteroatoms. The van der Waals surface area contributed by atoms with Crippen LogP contribution in [0.1, 0.15) is 21.7 Å². The van der Waals surface area contributed by atoms with Crippen LogP contribution < -0.4 is 4.74 Å². The maximum atomic E-state index is 12.9. The van der Waals surface area contributed by atoms with Gasteiger partial charge in [-0.25, -0.2) is 0 Å². The molecule has 0 unspecified atom stereocenters. The Bertz CT molecular complexity index is 769. The summed E-state index contributed by atoms with van der Waals surface area (Å²) in [5, 5.41) is 1.04. The van der Waals surface area contributed by atoms with Crippen LogP contribution >= 0.6 is 11.3 Å². The normalized spacial score (nSPS) is 15.9. The van der Waals surface area contributed by atoms with E-state index in [9.17, 15) is 9.59 Å². The van der Waals surface area contributed by atoms with Gasteiger partial charge in [-0.2, -0.15) is 0 Å². The average molecular weight is 332 g/mol. The number of carbonyl (C=O) groups excluding carboxylic acids is 2. The Morgan fingerprint density at radius 3 is 2.83 bits per heavy atom. The van der Waals surface area contributed by atoms with Crippen LogP contribution in [0.15, 0.2) is 18.2 Å². The van der Waals surface area contributed by atoms with E-state index in [4.69, 9.17) is 4.74 Å². The second-order valence-corrected chi connectivity index (χ2v) is 6.87. The van der Waals surface area contributed by atoms with Gasteiger partial charge in [0, 0.05) is 24.8 Å². The Hall–Kier alpha value is -2.08. The third kappa shape index (κ3) is 2.91. The van der Waals surface area contributed by atoms with Crippen molar-refractivity contribution in [2.75, 3.05) is 33.8 Å². The van der Waals surface area contributed by atoms with Crippen molar-refractivity contribution in [1.82, 2.24) is 9.80 Å². The maximum absolute atomic E-state index is 12.9. The van der Waals surface area contributed by atoms with Crippen LogP contribution in [0.2, 0.25) is 0 Å². The molecule has 0 spiro atoms. The number of aryl methyl sites for hydroxylation is 1. The van der Waals surface area contributed by atoms with Gasteiger partial charge in [-0.1, -0.05) is 0 Å². The predicted molar refractivity (Wildman–Crippen MR) is 91.3 cm³/mol. The molecule has 0 N–H and O–H groups in total. The summed E-state index contributed by atoms with van der Waals surface area (Å²) in [6.07, 6.45) is 0.811. The molecule has 0 saturated carbocycles. The summed E-state index contributed by atoms with van der Waals surface area (Å²) in [4.78, 5) is 29.0. The number of likely N-dealkylation sites (N-methyl/N-ethyl adjacent to an activating group) is 1. The fourth-order valence-electron chi connectivity index (χ4n) is 2.83. The molecular weight excluding hydrogens is 312 g/mol. The van der Waals surface area contributed by atoms with Gasteiger partial charge >= 0.3 is 0 Å². The predicted octanol–water partition coefficient (Wildman–Crippen LogP) is 2.52. The zero-order valence-electron chi connectivity index (χ0n) is 13.6. The van der Waals surface area contributed by atoms with E-state index in [1.165, 1.54) is 11.3 Å². The number of benzene rings is 1. The van der Waals surface area contributed by atoms with E-state index < -0.39 is 0 Å². The van der Waals surface area contributed by atoms with E-state index in [1.807, 2.05) is 25.1 Å². The first-order chi connectivity index (χ1) is 11.0. The largest absolute Gasteiger partial charge is 0.497 e. The summed E-state index contributed by atoms with van der Waals surface area (Å²) in [5.41, 5.74) is 0.957. The molecule has 122 valence electrons. The molecule has 1 aromatic heterocycles. The van der Waals surface area contributed by atoms with Gasteiger partial charge in [-0.05, 0) is 42.5 Å². The quantitative estimate of drug-likeness (QED) is 0.849. The smallest absolute Gasteiger partial charge is 0.264 e. The topological polar surface area (TPSA) is 49.9 Å². The summed E-state index contributed by atoms with van der Waals surface area (Å²) in [6, 6.07) is 5.83. The number of nitrogens with zero attached hydrogens (tertiary/aromatic N) is 2. The maximum Gasteiger partial charge on any atom is 0.264 e. The first kappa shape index (κ1) is 15.8. The van der Waals surface area contributed by atoms with Gasteiger partial charge in [0.2, 0.25) is 5.91 Å². The SMILES string of the molecule is COc1ccc2sc(C(=O)N3CCCN(C)C(=O)C3)c(C)c2c1. The molecule has 0 radical (unpaired) electrons. The van der Waals surface area contributed by atoms with Crippen LogP contribution in [-0.2, 0) is 4.79 Å². The number of hydrogen-bond donors (Lipinski definition) is 0. The Kier molecular flexibility index (Phi) is 4.26. The zero-order valence-corrected chi connectivity index (χ0v) is 14.4. The molecule has 1 saturated heterocycles. The van der Waals surface area contributed by atoms with Gasteiger partial charge in [0.25, 0.3) is 5.91 Å². The number of carbonyl (C=O) groups is 2. The van der Waals surface area contributed by atoms with Crippen molar-refractivity contribution in [2.24, 2.45) is 0 Å². The number of hydrogen-bond acceptors (Lipinski definition) is 4. The molecular formula is C17H20N2O3S. The highest BCUT2D eigenvalue weighted by Gasteiger charge is 2.26. The summed E-state index contributed by atoms with van der Waals surface area (Å²) >= 11 is 1.48. The lowest BCUT2D eigenvalue weighted by Gasteiger charge is -2.19. The highest BCUT2D eigenvalue weighted by Crippen LogP contribution is 2.34. The fraction of sp³-hybridized carbons (Fsp3) is 0.412. The first-order valence-electron chi connectivity index (χ1n) is 7.61. The van der Waals surface area contributed by atoms with Gasteiger partial charge in [0.05, 0.1) is 12.0 Å². The van der Waals surface area contributed by atoms with E-state index in [0.717, 1.165) is 27.8 Å². The van der Waals surface area contributed by atoms with E-state index in [1.54, 1.807) is 24.0 Å². The Balaban J connectivity index is 1.94. The standard InChI is InChI=1S/C17H20N2O3S/c1-11-13-9-12(22-3)5-6-14(13)23-16(11)17(21)19-8-4-7-18(2)15(20)10-19/h5-6,9H,4,7-8,10H2,1-3H3. The van der Waals surface area contributed by atoms with Gasteiger partial charge in [0.1, 0.15) is 12.3 Å². The lowest BCUT2D eigenvalue weighted by Crippen LogP contribution is -2.37. The molecule has 2 amide bonds. The van der Waals surface area contributed by atoms with Gasteiger partial charge in [0.15, 0.2) is 0 Å². The van der Waals surface area contributed by atoms with Crippen LogP contribution in [0.5, 0.6) is 5.75 Å². The van der Waals surface area contributed by atoms with Crippen molar-refractivity contribution in [3.05, 3.63) is 28.6 Å². The Labute approximate surface area is 139 Å². The number of fused-ring (bicyclic) bond motifs is 1. The first-order valence-corrected chi connectivity index (χ1v) is 8.43. The lowest BCUT2D eigenvalue weighted by molar-refractivity contribution is -0.129. The molecule has 1 aromatic carbocycles. The van der Waals surface area contributed by atoms with Crippen molar-refractivity contribution >= 4 is 33.2 Å². The van der Waals surface area contributed by atoms with Gasteiger partial charge in [-0.3, -0.25) is 9.59 Å². The second-order valence-electron chi connectivity index (χ2n) is 5.81. The van der Waals surface area contributed by atoms with Crippen molar-refractivity contribution < 1.29 is 14.3 Å². The fourth-order valence-corrected chi connectivity index (χ4v) is 3.99. The Morgan fingerprint density at radius 1 is 1.30 bits per heavy atom. The minimum Gasteiger partial charge on any atom is -0.497 e. The molecule has 1 aliphatic heterocycles. The van der Waals surface area contributed by atoms with Crippen LogP contribution in [0.25, 0.3) is 10.1 Å². The number of rotatable bonds is 2. The summed E-state index contributed by atoms with van der Waals surface area (Å²) in [5.74, 6) is 0.728. The van der Waals surface area contributed by atoms with Crippen molar-refractivity contribution in [1.29, 1.82) is 0 Å². The molecule has 1 aliphatic rings. The summed E-state index contributed by atoms with van der Waals surface area (Å²) < 4.78 is 6.32. The van der Waals surface area contributed by atoms with Crippen molar-refractivity contribution in [3.8, 4) is 5.75 Å².